The van der Waals surface area contributed by atoms with Gasteiger partial charge in [-0.3, -0.25) is 4.79 Å². The van der Waals surface area contributed by atoms with Crippen molar-refractivity contribution in [1.82, 2.24) is 10.2 Å². The van der Waals surface area contributed by atoms with Crippen LogP contribution >= 0.6 is 0 Å². The molecule has 1 amide bonds. The second-order valence-corrected chi connectivity index (χ2v) is 6.11. The number of morpholine rings is 1. The molecule has 5 nitrogen and oxygen atoms in total. The number of carbonyl (C=O) groups is 1. The van der Waals surface area contributed by atoms with Crippen molar-refractivity contribution in [3.05, 3.63) is 35.6 Å². The molecule has 0 bridgehead atoms. The molecule has 0 aliphatic carbocycles. The molecule has 1 N–H and O–H groups in total. The highest BCUT2D eigenvalue weighted by Crippen LogP contribution is 2.29. The second kappa shape index (κ2) is 6.95. The zero-order chi connectivity index (χ0) is 16.3. The molecule has 0 aromatic heterocycles. The number of carbonyl (C=O) groups excluding carboxylic acids is 1. The van der Waals surface area contributed by atoms with Crippen LogP contribution in [0, 0.1) is 5.82 Å². The summed E-state index contributed by atoms with van der Waals surface area (Å²) >= 11 is 0. The molecule has 1 unspecified atom stereocenters. The fraction of sp³-hybridized carbons (Fsp3) is 0.588. The van der Waals surface area contributed by atoms with Crippen LogP contribution in [0.1, 0.15) is 24.5 Å². The Labute approximate surface area is 135 Å². The van der Waals surface area contributed by atoms with E-state index in [1.165, 1.54) is 12.1 Å². The Hall–Kier alpha value is -1.50. The van der Waals surface area contributed by atoms with E-state index >= 15 is 0 Å². The van der Waals surface area contributed by atoms with Gasteiger partial charge in [-0.1, -0.05) is 12.1 Å². The maximum absolute atomic E-state index is 13.1. The monoisotopic (exact) mass is 322 g/mol. The Balaban J connectivity index is 1.72. The molecule has 1 aromatic carbocycles. The van der Waals surface area contributed by atoms with Crippen LogP contribution in [0.5, 0.6) is 0 Å². The molecule has 0 spiro atoms. The van der Waals surface area contributed by atoms with Gasteiger partial charge in [-0.2, -0.15) is 0 Å². The lowest BCUT2D eigenvalue weighted by atomic mass is 9.90. The van der Waals surface area contributed by atoms with Crippen molar-refractivity contribution in [2.45, 2.75) is 24.5 Å². The molecule has 2 aliphatic heterocycles. The van der Waals surface area contributed by atoms with Gasteiger partial charge in [0.2, 0.25) is 0 Å². The number of piperidine rings is 1. The van der Waals surface area contributed by atoms with Crippen LogP contribution in [0.25, 0.3) is 0 Å². The first-order valence-corrected chi connectivity index (χ1v) is 8.07. The maximum Gasteiger partial charge on any atom is 0.255 e. The molecule has 23 heavy (non-hydrogen) atoms. The molecular formula is C17H23FN2O3. The Bertz CT molecular complexity index is 543. The average Bonchev–Trinajstić information content (AvgIpc) is 2.62. The molecular weight excluding hydrogens is 299 g/mol. The predicted octanol–water partition coefficient (Wildman–Crippen LogP) is 1.49. The average molecular weight is 322 g/mol. The van der Waals surface area contributed by atoms with Crippen LogP contribution < -0.4 is 5.32 Å². The summed E-state index contributed by atoms with van der Waals surface area (Å²) in [6.45, 7) is 3.08. The minimum absolute atomic E-state index is 0.0388. The molecule has 2 fully saturated rings. The zero-order valence-electron chi connectivity index (χ0n) is 13.4. The lowest BCUT2D eigenvalue weighted by Gasteiger charge is -2.41. The summed E-state index contributed by atoms with van der Waals surface area (Å²) in [5.41, 5.74) is 0.163. The lowest BCUT2D eigenvalue weighted by Crippen LogP contribution is -2.57. The summed E-state index contributed by atoms with van der Waals surface area (Å²) in [4.78, 5) is 14.8. The van der Waals surface area contributed by atoms with E-state index in [4.69, 9.17) is 9.47 Å². The van der Waals surface area contributed by atoms with E-state index in [-0.39, 0.29) is 17.8 Å². The van der Waals surface area contributed by atoms with Crippen LogP contribution in [0.4, 0.5) is 4.39 Å². The second-order valence-electron chi connectivity index (χ2n) is 6.11. The quantitative estimate of drug-likeness (QED) is 0.916. The van der Waals surface area contributed by atoms with E-state index in [0.29, 0.717) is 32.5 Å². The number of nitrogens with zero attached hydrogens (tertiary/aromatic N) is 1. The van der Waals surface area contributed by atoms with Gasteiger partial charge in [-0.25, -0.2) is 4.39 Å². The molecule has 0 radical (unpaired) electrons. The van der Waals surface area contributed by atoms with Gasteiger partial charge >= 0.3 is 0 Å². The Morgan fingerprint density at radius 1 is 1.35 bits per heavy atom. The van der Waals surface area contributed by atoms with Crippen molar-refractivity contribution >= 4 is 5.91 Å². The number of benzene rings is 1. The molecule has 2 aliphatic rings. The van der Waals surface area contributed by atoms with Crippen LogP contribution in [0.15, 0.2) is 24.3 Å². The molecule has 1 aromatic rings. The van der Waals surface area contributed by atoms with Gasteiger partial charge in [0.15, 0.2) is 0 Å². The first-order valence-electron chi connectivity index (χ1n) is 8.07. The number of hydrogen-bond donors (Lipinski definition) is 1. The van der Waals surface area contributed by atoms with E-state index in [0.717, 1.165) is 18.7 Å². The minimum Gasteiger partial charge on any atom is -0.370 e. The number of nitrogens with one attached hydrogen (secondary N) is 1. The SMILES string of the molecule is COC1(C(=O)N2CCOC(c3ccc(F)cc3)C2)CCNCC1. The van der Waals surface area contributed by atoms with Gasteiger partial charge in [0, 0.05) is 13.7 Å². The van der Waals surface area contributed by atoms with E-state index < -0.39 is 5.60 Å². The minimum atomic E-state index is -0.726. The van der Waals surface area contributed by atoms with E-state index in [1.807, 2.05) is 4.90 Å². The number of rotatable bonds is 3. The van der Waals surface area contributed by atoms with Gasteiger partial charge in [0.25, 0.3) is 5.91 Å². The number of amides is 1. The van der Waals surface area contributed by atoms with E-state index in [1.54, 1.807) is 19.2 Å². The number of hydrogen-bond acceptors (Lipinski definition) is 4. The van der Waals surface area contributed by atoms with Gasteiger partial charge in [-0.15, -0.1) is 0 Å². The van der Waals surface area contributed by atoms with Gasteiger partial charge in [-0.05, 0) is 43.6 Å². The summed E-state index contributed by atoms with van der Waals surface area (Å²) in [7, 11) is 1.61. The van der Waals surface area contributed by atoms with E-state index in [9.17, 15) is 9.18 Å². The van der Waals surface area contributed by atoms with Crippen molar-refractivity contribution in [3.63, 3.8) is 0 Å². The lowest BCUT2D eigenvalue weighted by molar-refractivity contribution is -0.165. The Morgan fingerprint density at radius 3 is 2.70 bits per heavy atom. The van der Waals surface area contributed by atoms with Crippen molar-refractivity contribution in [3.8, 4) is 0 Å². The van der Waals surface area contributed by atoms with Crippen LogP contribution in [0.2, 0.25) is 0 Å². The Morgan fingerprint density at radius 2 is 2.04 bits per heavy atom. The first-order chi connectivity index (χ1) is 11.1. The summed E-state index contributed by atoms with van der Waals surface area (Å²) in [5.74, 6) is -0.234. The number of ether oxygens (including phenoxy) is 2. The van der Waals surface area contributed by atoms with Gasteiger partial charge in [0.05, 0.1) is 13.2 Å². The standard InChI is InChI=1S/C17H23FN2O3/c1-22-17(6-8-19-9-7-17)16(21)20-10-11-23-15(12-20)13-2-4-14(18)5-3-13/h2-5,15,19H,6-12H2,1H3. The third kappa shape index (κ3) is 3.39. The van der Waals surface area contributed by atoms with Crippen molar-refractivity contribution in [2.75, 3.05) is 39.9 Å². The van der Waals surface area contributed by atoms with Crippen molar-refractivity contribution < 1.29 is 18.7 Å². The zero-order valence-corrected chi connectivity index (χ0v) is 13.4. The number of methoxy groups -OCH3 is 1. The molecule has 6 heteroatoms. The largest absolute Gasteiger partial charge is 0.370 e. The highest BCUT2D eigenvalue weighted by Gasteiger charge is 2.43. The molecule has 3 rings (SSSR count). The highest BCUT2D eigenvalue weighted by atomic mass is 19.1. The van der Waals surface area contributed by atoms with Crippen LogP contribution in [0.3, 0.4) is 0 Å². The fourth-order valence-corrected chi connectivity index (χ4v) is 3.34. The fourth-order valence-electron chi connectivity index (χ4n) is 3.34. The van der Waals surface area contributed by atoms with Crippen molar-refractivity contribution in [1.29, 1.82) is 0 Å². The van der Waals surface area contributed by atoms with Crippen LogP contribution in [-0.2, 0) is 14.3 Å². The summed E-state index contributed by atoms with van der Waals surface area (Å²) in [6, 6.07) is 6.26. The van der Waals surface area contributed by atoms with Crippen LogP contribution in [-0.4, -0.2) is 56.3 Å². The Kier molecular flexibility index (Phi) is 4.94. The third-order valence-electron chi connectivity index (χ3n) is 4.79. The maximum atomic E-state index is 13.1. The molecule has 1 atom stereocenters. The van der Waals surface area contributed by atoms with E-state index in [2.05, 4.69) is 5.32 Å². The molecule has 2 saturated heterocycles. The smallest absolute Gasteiger partial charge is 0.255 e. The normalized spacial score (nSPS) is 24.4. The predicted molar refractivity (Wildman–Crippen MR) is 83.5 cm³/mol. The van der Waals surface area contributed by atoms with Gasteiger partial charge in [0.1, 0.15) is 17.5 Å². The van der Waals surface area contributed by atoms with Gasteiger partial charge < -0.3 is 19.7 Å². The molecule has 126 valence electrons. The highest BCUT2D eigenvalue weighted by molar-refractivity contribution is 5.85. The van der Waals surface area contributed by atoms with Crippen molar-refractivity contribution in [2.24, 2.45) is 0 Å². The topological polar surface area (TPSA) is 50.8 Å². The summed E-state index contributed by atoms with van der Waals surface area (Å²) < 4.78 is 24.5. The summed E-state index contributed by atoms with van der Waals surface area (Å²) in [5, 5.41) is 3.26. The molecule has 0 saturated carbocycles. The third-order valence-corrected chi connectivity index (χ3v) is 4.79. The molecule has 2 heterocycles. The summed E-state index contributed by atoms with van der Waals surface area (Å²) in [6.07, 6.45) is 1.14. The first kappa shape index (κ1) is 16.4. The number of halogens is 1.